The van der Waals surface area contributed by atoms with Crippen LogP contribution in [0.3, 0.4) is 0 Å². The van der Waals surface area contributed by atoms with Gasteiger partial charge in [-0.25, -0.2) is 0 Å². The fourth-order valence-corrected chi connectivity index (χ4v) is 4.30. The van der Waals surface area contributed by atoms with E-state index in [1.165, 1.54) is 17.5 Å². The highest BCUT2D eigenvalue weighted by molar-refractivity contribution is 5.34. The van der Waals surface area contributed by atoms with Crippen molar-refractivity contribution in [1.29, 1.82) is 0 Å². The summed E-state index contributed by atoms with van der Waals surface area (Å²) >= 11 is 0. The van der Waals surface area contributed by atoms with Crippen molar-refractivity contribution in [2.45, 2.75) is 66.4 Å². The van der Waals surface area contributed by atoms with Crippen molar-refractivity contribution >= 4 is 0 Å². The van der Waals surface area contributed by atoms with Gasteiger partial charge < -0.3 is 5.11 Å². The maximum Gasteiger partial charge on any atom is 0.0906 e. The summed E-state index contributed by atoms with van der Waals surface area (Å²) in [5.41, 5.74) is 3.36. The van der Waals surface area contributed by atoms with Gasteiger partial charge in [-0.3, -0.25) is 0 Å². The average molecular weight is 260 g/mol. The molecule has 1 aliphatic rings. The van der Waals surface area contributed by atoms with Crippen LogP contribution in [0.4, 0.5) is 0 Å². The van der Waals surface area contributed by atoms with Crippen molar-refractivity contribution in [3.63, 3.8) is 0 Å². The van der Waals surface area contributed by atoms with Crippen LogP contribution in [0.25, 0.3) is 0 Å². The van der Waals surface area contributed by atoms with E-state index in [2.05, 4.69) is 59.7 Å². The van der Waals surface area contributed by atoms with Gasteiger partial charge in [-0.05, 0) is 60.6 Å². The third kappa shape index (κ3) is 3.02. The second-order valence-electron chi connectivity index (χ2n) is 8.19. The Hall–Kier alpha value is -0.820. The molecule has 1 fully saturated rings. The summed E-state index contributed by atoms with van der Waals surface area (Å²) in [7, 11) is 0. The minimum absolute atomic E-state index is 0.190. The summed E-state index contributed by atoms with van der Waals surface area (Å²) in [6.07, 6.45) is 2.88. The van der Waals surface area contributed by atoms with Crippen LogP contribution in [-0.2, 0) is 5.60 Å². The molecule has 19 heavy (non-hydrogen) atoms. The lowest BCUT2D eigenvalue weighted by atomic mass is 9.58. The number of aryl methyl sites for hydroxylation is 2. The molecule has 0 aromatic heterocycles. The molecular formula is C18H28O. The SMILES string of the molecule is Cc1ccc(C2(O)CC(C)(C)CC(C)(C)C2)cc1C. The lowest BCUT2D eigenvalue weighted by molar-refractivity contribution is -0.0913. The molecule has 1 heteroatoms. The van der Waals surface area contributed by atoms with Crippen molar-refractivity contribution in [3.8, 4) is 0 Å². The lowest BCUT2D eigenvalue weighted by Crippen LogP contribution is -2.44. The van der Waals surface area contributed by atoms with E-state index in [0.717, 1.165) is 18.4 Å². The predicted octanol–water partition coefficient (Wildman–Crippen LogP) is 4.73. The quantitative estimate of drug-likeness (QED) is 0.774. The summed E-state index contributed by atoms with van der Waals surface area (Å²) in [4.78, 5) is 0. The first-order valence-electron chi connectivity index (χ1n) is 7.33. The molecule has 1 nitrogen and oxygen atoms in total. The second kappa shape index (κ2) is 4.34. The van der Waals surface area contributed by atoms with Gasteiger partial charge in [0.1, 0.15) is 0 Å². The molecule has 0 heterocycles. The van der Waals surface area contributed by atoms with Crippen molar-refractivity contribution in [3.05, 3.63) is 34.9 Å². The molecule has 0 unspecified atom stereocenters. The van der Waals surface area contributed by atoms with Gasteiger partial charge in [-0.1, -0.05) is 45.9 Å². The van der Waals surface area contributed by atoms with Crippen molar-refractivity contribution < 1.29 is 5.11 Å². The molecule has 0 spiro atoms. The molecule has 0 amide bonds. The van der Waals surface area contributed by atoms with E-state index in [9.17, 15) is 5.11 Å². The molecule has 1 N–H and O–H groups in total. The van der Waals surface area contributed by atoms with Crippen LogP contribution in [0.2, 0.25) is 0 Å². The Balaban J connectivity index is 2.43. The van der Waals surface area contributed by atoms with Gasteiger partial charge in [0.05, 0.1) is 5.60 Å². The molecule has 0 saturated heterocycles. The highest BCUT2D eigenvalue weighted by atomic mass is 16.3. The van der Waals surface area contributed by atoms with Gasteiger partial charge in [0.2, 0.25) is 0 Å². The monoisotopic (exact) mass is 260 g/mol. The third-order valence-electron chi connectivity index (χ3n) is 4.54. The van der Waals surface area contributed by atoms with Crippen LogP contribution in [0, 0.1) is 24.7 Å². The Morgan fingerprint density at radius 1 is 0.842 bits per heavy atom. The number of aliphatic hydroxyl groups is 1. The minimum Gasteiger partial charge on any atom is -0.385 e. The predicted molar refractivity (Wildman–Crippen MR) is 81.2 cm³/mol. The fraction of sp³-hybridized carbons (Fsp3) is 0.667. The minimum atomic E-state index is -0.677. The Morgan fingerprint density at radius 2 is 1.37 bits per heavy atom. The third-order valence-corrected chi connectivity index (χ3v) is 4.54. The highest BCUT2D eigenvalue weighted by Gasteiger charge is 2.47. The maximum atomic E-state index is 11.2. The normalized spacial score (nSPS) is 24.2. The molecule has 1 saturated carbocycles. The molecule has 0 aliphatic heterocycles. The van der Waals surface area contributed by atoms with Crippen LogP contribution in [0.1, 0.15) is 63.6 Å². The zero-order valence-corrected chi connectivity index (χ0v) is 13.3. The zero-order valence-electron chi connectivity index (χ0n) is 13.3. The first kappa shape index (κ1) is 14.6. The number of hydrogen-bond acceptors (Lipinski definition) is 1. The Labute approximate surface area is 118 Å². The number of hydrogen-bond donors (Lipinski definition) is 1. The van der Waals surface area contributed by atoms with Crippen LogP contribution >= 0.6 is 0 Å². The Kier molecular flexibility index (Phi) is 3.33. The number of rotatable bonds is 1. The molecule has 1 aromatic carbocycles. The van der Waals surface area contributed by atoms with Crippen molar-refractivity contribution in [1.82, 2.24) is 0 Å². The van der Waals surface area contributed by atoms with E-state index >= 15 is 0 Å². The summed E-state index contributed by atoms with van der Waals surface area (Å²) in [5, 5.41) is 11.2. The first-order chi connectivity index (χ1) is 8.53. The van der Waals surface area contributed by atoms with Gasteiger partial charge >= 0.3 is 0 Å². The van der Waals surface area contributed by atoms with Crippen LogP contribution in [0.5, 0.6) is 0 Å². The Bertz CT molecular complexity index is 466. The van der Waals surface area contributed by atoms with E-state index in [1.807, 2.05) is 0 Å². The molecule has 0 atom stereocenters. The Morgan fingerprint density at radius 3 is 1.84 bits per heavy atom. The van der Waals surface area contributed by atoms with Crippen LogP contribution in [0.15, 0.2) is 18.2 Å². The van der Waals surface area contributed by atoms with E-state index in [1.54, 1.807) is 0 Å². The molecule has 0 bridgehead atoms. The van der Waals surface area contributed by atoms with Gasteiger partial charge in [0.15, 0.2) is 0 Å². The van der Waals surface area contributed by atoms with Gasteiger partial charge in [-0.2, -0.15) is 0 Å². The van der Waals surface area contributed by atoms with E-state index in [4.69, 9.17) is 0 Å². The van der Waals surface area contributed by atoms with Gasteiger partial charge in [-0.15, -0.1) is 0 Å². The largest absolute Gasteiger partial charge is 0.385 e. The summed E-state index contributed by atoms with van der Waals surface area (Å²) in [6, 6.07) is 6.42. The first-order valence-corrected chi connectivity index (χ1v) is 7.33. The summed E-state index contributed by atoms with van der Waals surface area (Å²) in [5.74, 6) is 0. The molecule has 106 valence electrons. The van der Waals surface area contributed by atoms with Crippen LogP contribution < -0.4 is 0 Å². The van der Waals surface area contributed by atoms with Crippen molar-refractivity contribution in [2.24, 2.45) is 10.8 Å². The van der Waals surface area contributed by atoms with E-state index in [0.29, 0.717) is 0 Å². The molecule has 1 aliphatic carbocycles. The average Bonchev–Trinajstić information content (AvgIpc) is 2.16. The van der Waals surface area contributed by atoms with E-state index < -0.39 is 5.60 Å². The maximum absolute atomic E-state index is 11.2. The molecule has 2 rings (SSSR count). The molecule has 0 radical (unpaired) electrons. The summed E-state index contributed by atoms with van der Waals surface area (Å²) in [6.45, 7) is 13.4. The fourth-order valence-electron chi connectivity index (χ4n) is 4.30. The summed E-state index contributed by atoms with van der Waals surface area (Å²) < 4.78 is 0. The second-order valence-corrected chi connectivity index (χ2v) is 8.19. The van der Waals surface area contributed by atoms with Crippen LogP contribution in [-0.4, -0.2) is 5.11 Å². The van der Waals surface area contributed by atoms with Gasteiger partial charge in [0, 0.05) is 0 Å². The van der Waals surface area contributed by atoms with Crippen molar-refractivity contribution in [2.75, 3.05) is 0 Å². The van der Waals surface area contributed by atoms with Gasteiger partial charge in [0.25, 0.3) is 0 Å². The molecular weight excluding hydrogens is 232 g/mol. The highest BCUT2D eigenvalue weighted by Crippen LogP contribution is 2.53. The smallest absolute Gasteiger partial charge is 0.0906 e. The molecule has 1 aromatic rings. The topological polar surface area (TPSA) is 20.2 Å². The van der Waals surface area contributed by atoms with E-state index in [-0.39, 0.29) is 10.8 Å². The standard InChI is InChI=1S/C18H28O/c1-13-7-8-15(9-14(13)2)18(19)11-16(3,4)10-17(5,6)12-18/h7-9,19H,10-12H2,1-6H3. The zero-order chi connectivity index (χ0) is 14.5. The number of benzene rings is 1. The lowest BCUT2D eigenvalue weighted by Gasteiger charge is -2.50.